The van der Waals surface area contributed by atoms with Crippen molar-refractivity contribution in [2.75, 3.05) is 0 Å². The Morgan fingerprint density at radius 3 is 2.31 bits per heavy atom. The standard InChI is InChI=1S/C30H44O5/c1-24(2)12-13-29-17(14-24)30(35-23(29)33)22-20(34-22)21-26(5)10-9-18(31)25(3,4)16(26)8-11-27(21,6)28(30,7)15-19(29)32/h16-17,19-22,32H,8-15H2,1-7H3/t16-,17+,19+,20-,21+,22-,26-,27+,28-,29+,30+/m0/s1. The number of ketones is 1. The molecule has 2 heterocycles. The maximum atomic E-state index is 13.8. The van der Waals surface area contributed by atoms with Gasteiger partial charge in [0, 0.05) is 23.2 Å². The molecule has 0 amide bonds. The molecule has 2 saturated heterocycles. The van der Waals surface area contributed by atoms with Crippen LogP contribution in [0.2, 0.25) is 0 Å². The molecule has 1 spiro atoms. The topological polar surface area (TPSA) is 76.1 Å². The van der Waals surface area contributed by atoms with Crippen molar-refractivity contribution >= 4 is 11.8 Å². The molecule has 7 rings (SSSR count). The molecule has 0 aromatic heterocycles. The Morgan fingerprint density at radius 2 is 1.60 bits per heavy atom. The highest BCUT2D eigenvalue weighted by atomic mass is 16.6. The van der Waals surface area contributed by atoms with E-state index in [9.17, 15) is 14.7 Å². The number of Topliss-reactive ketones (excluding diaryl/α,β-unsaturated/α-hetero) is 1. The highest BCUT2D eigenvalue weighted by Crippen LogP contribution is 2.83. The van der Waals surface area contributed by atoms with Gasteiger partial charge in [0.25, 0.3) is 0 Å². The van der Waals surface area contributed by atoms with Crippen molar-refractivity contribution in [3.8, 4) is 0 Å². The smallest absolute Gasteiger partial charge is 0.315 e. The second kappa shape index (κ2) is 6.03. The van der Waals surface area contributed by atoms with Gasteiger partial charge in [-0.2, -0.15) is 0 Å². The summed E-state index contributed by atoms with van der Waals surface area (Å²) in [5, 5.41) is 11.9. The van der Waals surface area contributed by atoms with Crippen LogP contribution in [0.1, 0.15) is 99.8 Å². The lowest BCUT2D eigenvalue weighted by molar-refractivity contribution is -0.279. The summed E-state index contributed by atoms with van der Waals surface area (Å²) in [6.07, 6.45) is 6.06. The zero-order valence-electron chi connectivity index (χ0n) is 22.7. The molecule has 194 valence electrons. The fourth-order valence-corrected chi connectivity index (χ4v) is 12.0. The van der Waals surface area contributed by atoms with Crippen LogP contribution in [0, 0.1) is 50.2 Å². The lowest BCUT2D eigenvalue weighted by Gasteiger charge is -2.72. The summed E-state index contributed by atoms with van der Waals surface area (Å²) in [5.41, 5.74) is -2.12. The minimum atomic E-state index is -0.769. The average Bonchev–Trinajstić information content (AvgIpc) is 3.49. The Morgan fingerprint density at radius 1 is 0.886 bits per heavy atom. The zero-order valence-corrected chi connectivity index (χ0v) is 22.7. The van der Waals surface area contributed by atoms with Gasteiger partial charge in [-0.3, -0.25) is 9.59 Å². The van der Waals surface area contributed by atoms with Crippen LogP contribution in [0.4, 0.5) is 0 Å². The van der Waals surface area contributed by atoms with Gasteiger partial charge in [0.15, 0.2) is 5.60 Å². The average molecular weight is 485 g/mol. The Labute approximate surface area is 210 Å². The molecule has 1 N–H and O–H groups in total. The lowest BCUT2D eigenvalue weighted by Crippen LogP contribution is -2.76. The largest absolute Gasteiger partial charge is 0.455 e. The van der Waals surface area contributed by atoms with E-state index in [2.05, 4.69) is 48.5 Å². The van der Waals surface area contributed by atoms with Gasteiger partial charge in [-0.1, -0.05) is 48.5 Å². The Balaban J connectivity index is 1.41. The molecular weight excluding hydrogens is 440 g/mol. The molecule has 7 fully saturated rings. The molecule has 5 saturated carbocycles. The van der Waals surface area contributed by atoms with Gasteiger partial charge in [-0.15, -0.1) is 0 Å². The van der Waals surface area contributed by atoms with Crippen LogP contribution in [-0.2, 0) is 19.1 Å². The van der Waals surface area contributed by atoms with Gasteiger partial charge in [-0.05, 0) is 73.0 Å². The van der Waals surface area contributed by atoms with Crippen molar-refractivity contribution in [2.24, 2.45) is 50.2 Å². The van der Waals surface area contributed by atoms with Crippen molar-refractivity contribution in [3.63, 3.8) is 0 Å². The Bertz CT molecular complexity index is 1050. The summed E-state index contributed by atoms with van der Waals surface area (Å²) in [6.45, 7) is 16.2. The molecule has 0 radical (unpaired) electrons. The fourth-order valence-electron chi connectivity index (χ4n) is 12.0. The first-order valence-corrected chi connectivity index (χ1v) is 14.2. The summed E-state index contributed by atoms with van der Waals surface area (Å²) in [6, 6.07) is 0. The molecule has 35 heavy (non-hydrogen) atoms. The summed E-state index contributed by atoms with van der Waals surface area (Å²) in [7, 11) is 0. The number of fused-ring (bicyclic) bond motifs is 6. The predicted octanol–water partition coefficient (Wildman–Crippen LogP) is 5.07. The van der Waals surface area contributed by atoms with Crippen LogP contribution in [0.5, 0.6) is 0 Å². The van der Waals surface area contributed by atoms with Crippen LogP contribution in [-0.4, -0.2) is 40.8 Å². The zero-order chi connectivity index (χ0) is 25.2. The van der Waals surface area contributed by atoms with E-state index in [4.69, 9.17) is 9.47 Å². The van der Waals surface area contributed by atoms with Gasteiger partial charge in [0.1, 0.15) is 17.3 Å². The number of hydrogen-bond acceptors (Lipinski definition) is 5. The number of aliphatic hydroxyl groups excluding tert-OH is 1. The second-order valence-corrected chi connectivity index (χ2v) is 15.9. The molecule has 7 aliphatic rings. The van der Waals surface area contributed by atoms with E-state index in [0.29, 0.717) is 30.5 Å². The van der Waals surface area contributed by atoms with E-state index >= 15 is 0 Å². The summed E-state index contributed by atoms with van der Waals surface area (Å²) in [4.78, 5) is 26.8. The number of esters is 1. The van der Waals surface area contributed by atoms with Crippen molar-refractivity contribution in [1.82, 2.24) is 0 Å². The molecule has 5 aliphatic carbocycles. The first-order chi connectivity index (χ1) is 16.1. The molecule has 11 atom stereocenters. The fraction of sp³-hybridized carbons (Fsp3) is 0.933. The van der Waals surface area contributed by atoms with Crippen molar-refractivity contribution < 1.29 is 24.2 Å². The third-order valence-electron chi connectivity index (χ3n) is 14.0. The summed E-state index contributed by atoms with van der Waals surface area (Å²) >= 11 is 0. The molecule has 2 aliphatic heterocycles. The summed E-state index contributed by atoms with van der Waals surface area (Å²) in [5.74, 6) is 0.890. The lowest BCUT2D eigenvalue weighted by atomic mass is 9.30. The van der Waals surface area contributed by atoms with Crippen molar-refractivity contribution in [1.29, 1.82) is 0 Å². The quantitative estimate of drug-likeness (QED) is 0.384. The van der Waals surface area contributed by atoms with Gasteiger partial charge >= 0.3 is 5.97 Å². The predicted molar refractivity (Wildman–Crippen MR) is 130 cm³/mol. The van der Waals surface area contributed by atoms with E-state index in [-0.39, 0.29) is 51.2 Å². The third-order valence-corrected chi connectivity index (χ3v) is 14.0. The second-order valence-electron chi connectivity index (χ2n) is 15.9. The van der Waals surface area contributed by atoms with E-state index in [1.165, 1.54) is 0 Å². The van der Waals surface area contributed by atoms with Crippen LogP contribution in [0.15, 0.2) is 0 Å². The maximum Gasteiger partial charge on any atom is 0.315 e. The minimum absolute atomic E-state index is 0.00236. The molecule has 0 unspecified atom stereocenters. The third kappa shape index (κ3) is 2.18. The number of carbonyl (C=O) groups is 2. The number of epoxide rings is 1. The molecule has 2 bridgehead atoms. The summed E-state index contributed by atoms with van der Waals surface area (Å²) < 4.78 is 13.4. The van der Waals surface area contributed by atoms with E-state index in [1.54, 1.807) is 0 Å². The van der Waals surface area contributed by atoms with Crippen LogP contribution in [0.25, 0.3) is 0 Å². The molecule has 0 aromatic carbocycles. The molecule has 0 aromatic rings. The van der Waals surface area contributed by atoms with Gasteiger partial charge in [0.2, 0.25) is 0 Å². The molecular formula is C30H44O5. The van der Waals surface area contributed by atoms with Crippen molar-refractivity contribution in [2.45, 2.75) is 124 Å². The number of carbonyl (C=O) groups excluding carboxylic acids is 2. The highest BCUT2D eigenvalue weighted by molar-refractivity contribution is 5.86. The number of hydrogen-bond donors (Lipinski definition) is 1. The number of aliphatic hydroxyl groups is 1. The monoisotopic (exact) mass is 484 g/mol. The van der Waals surface area contributed by atoms with Gasteiger partial charge in [-0.25, -0.2) is 0 Å². The first kappa shape index (κ1) is 23.2. The SMILES string of the molecule is CC1(C)CC[C@@]23C(=O)O[C@]4([C@@H]2C1)[C@H]1O[C@H]1[C@@H]1[C@@]2(C)CCC(=O)C(C)(C)[C@@H]2CC[C@@]1(C)[C@]4(C)C[C@H]3O. The number of rotatable bonds is 0. The Hall–Kier alpha value is -0.940. The van der Waals surface area contributed by atoms with E-state index in [1.807, 2.05) is 0 Å². The van der Waals surface area contributed by atoms with Crippen molar-refractivity contribution in [3.05, 3.63) is 0 Å². The molecule has 5 heteroatoms. The minimum Gasteiger partial charge on any atom is -0.455 e. The van der Waals surface area contributed by atoms with Crippen LogP contribution in [0.3, 0.4) is 0 Å². The maximum absolute atomic E-state index is 13.8. The van der Waals surface area contributed by atoms with E-state index in [0.717, 1.165) is 38.5 Å². The highest BCUT2D eigenvalue weighted by Gasteiger charge is 2.90. The molecule has 5 nitrogen and oxygen atoms in total. The van der Waals surface area contributed by atoms with Crippen LogP contribution >= 0.6 is 0 Å². The van der Waals surface area contributed by atoms with Gasteiger partial charge < -0.3 is 14.6 Å². The van der Waals surface area contributed by atoms with Crippen LogP contribution < -0.4 is 0 Å². The van der Waals surface area contributed by atoms with Gasteiger partial charge in [0.05, 0.1) is 12.2 Å². The normalized spacial score (nSPS) is 60.9. The Kier molecular flexibility index (Phi) is 4.00. The number of ether oxygens (including phenoxy) is 2. The van der Waals surface area contributed by atoms with E-state index < -0.39 is 17.1 Å². The first-order valence-electron chi connectivity index (χ1n) is 14.2.